The van der Waals surface area contributed by atoms with Gasteiger partial charge in [-0.1, -0.05) is 6.07 Å². The number of nitro groups is 1. The summed E-state index contributed by atoms with van der Waals surface area (Å²) in [7, 11) is 0. The molecule has 2 aromatic heterocycles. The summed E-state index contributed by atoms with van der Waals surface area (Å²) in [6, 6.07) is 7.33. The summed E-state index contributed by atoms with van der Waals surface area (Å²) < 4.78 is 15.4. The van der Waals surface area contributed by atoms with Gasteiger partial charge in [0.2, 0.25) is 0 Å². The average Bonchev–Trinajstić information content (AvgIpc) is 3.16. The van der Waals surface area contributed by atoms with Gasteiger partial charge < -0.3 is 5.32 Å². The molecule has 1 N–H and O–H groups in total. The van der Waals surface area contributed by atoms with Gasteiger partial charge in [-0.2, -0.15) is 5.10 Å². The smallest absolute Gasteiger partial charge is 0.276 e. The summed E-state index contributed by atoms with van der Waals surface area (Å²) in [5, 5.41) is 17.6. The molecule has 9 heteroatoms. The van der Waals surface area contributed by atoms with E-state index in [9.17, 15) is 19.3 Å². The molecule has 1 amide bonds. The van der Waals surface area contributed by atoms with Crippen LogP contribution in [0.2, 0.25) is 0 Å². The Kier molecular flexibility index (Phi) is 4.70. The Morgan fingerprint density at radius 1 is 1.38 bits per heavy atom. The first-order valence-corrected chi connectivity index (χ1v) is 7.63. The Morgan fingerprint density at radius 2 is 2.19 bits per heavy atom. The average molecular weight is 355 g/mol. The van der Waals surface area contributed by atoms with Gasteiger partial charge in [-0.15, -0.1) is 0 Å². The van der Waals surface area contributed by atoms with E-state index in [4.69, 9.17) is 0 Å². The van der Waals surface area contributed by atoms with Crippen molar-refractivity contribution < 1.29 is 14.1 Å². The molecule has 0 aliphatic rings. The highest BCUT2D eigenvalue weighted by molar-refractivity contribution is 5.95. The van der Waals surface area contributed by atoms with Crippen LogP contribution < -0.4 is 5.32 Å². The van der Waals surface area contributed by atoms with Gasteiger partial charge in [0, 0.05) is 36.8 Å². The molecule has 26 heavy (non-hydrogen) atoms. The van der Waals surface area contributed by atoms with Crippen LogP contribution in [0.5, 0.6) is 0 Å². The van der Waals surface area contributed by atoms with E-state index in [0.29, 0.717) is 5.82 Å². The molecule has 132 valence electrons. The third-order valence-corrected chi connectivity index (χ3v) is 3.78. The van der Waals surface area contributed by atoms with Gasteiger partial charge >= 0.3 is 0 Å². The van der Waals surface area contributed by atoms with Gasteiger partial charge in [-0.25, -0.2) is 14.1 Å². The van der Waals surface area contributed by atoms with Crippen LogP contribution in [0, 0.1) is 22.9 Å². The maximum Gasteiger partial charge on any atom is 0.276 e. The van der Waals surface area contributed by atoms with Gasteiger partial charge in [-0.05, 0) is 30.7 Å². The Bertz CT molecular complexity index is 955. The van der Waals surface area contributed by atoms with Crippen LogP contribution in [0.25, 0.3) is 5.82 Å². The molecule has 0 aliphatic heterocycles. The Balaban J connectivity index is 1.70. The monoisotopic (exact) mass is 355 g/mol. The lowest BCUT2D eigenvalue weighted by Gasteiger charge is -2.07. The highest BCUT2D eigenvalue weighted by Gasteiger charge is 2.19. The molecule has 0 unspecified atom stereocenters. The molecule has 0 bridgehead atoms. The summed E-state index contributed by atoms with van der Waals surface area (Å²) >= 11 is 0. The highest BCUT2D eigenvalue weighted by Crippen LogP contribution is 2.22. The van der Waals surface area contributed by atoms with Crippen molar-refractivity contribution in [3.8, 4) is 5.82 Å². The summed E-state index contributed by atoms with van der Waals surface area (Å²) in [6.07, 6.45) is 4.97. The van der Waals surface area contributed by atoms with Crippen LogP contribution in [-0.4, -0.2) is 25.6 Å². The van der Waals surface area contributed by atoms with Gasteiger partial charge in [0.05, 0.1) is 10.5 Å². The lowest BCUT2D eigenvalue weighted by atomic mass is 10.1. The zero-order valence-corrected chi connectivity index (χ0v) is 13.7. The highest BCUT2D eigenvalue weighted by atomic mass is 19.1. The topological polar surface area (TPSA) is 103 Å². The molecule has 0 spiro atoms. The largest absolute Gasteiger partial charge is 0.348 e. The molecule has 0 saturated heterocycles. The summed E-state index contributed by atoms with van der Waals surface area (Å²) in [6.45, 7) is 1.44. The standard InChI is InChI=1S/C17H14FN5O3/c1-11-14(18)7-13(8-15(11)23(25)26)17(24)20-10-12-3-4-16(19-9-12)22-6-2-5-21-22/h2-9H,10H2,1H3,(H,20,24). The molecule has 0 saturated carbocycles. The van der Waals surface area contributed by atoms with E-state index in [2.05, 4.69) is 15.4 Å². The number of pyridine rings is 1. The molecule has 3 rings (SSSR count). The summed E-state index contributed by atoms with van der Waals surface area (Å²) in [5.41, 5.74) is 0.0719. The summed E-state index contributed by atoms with van der Waals surface area (Å²) in [5.74, 6) is -0.779. The van der Waals surface area contributed by atoms with E-state index < -0.39 is 22.3 Å². The maximum atomic E-state index is 13.8. The second-order valence-electron chi connectivity index (χ2n) is 5.52. The Morgan fingerprint density at radius 3 is 2.81 bits per heavy atom. The van der Waals surface area contributed by atoms with E-state index in [0.717, 1.165) is 17.7 Å². The number of nitrogens with zero attached hydrogens (tertiary/aromatic N) is 4. The zero-order valence-electron chi connectivity index (χ0n) is 13.7. The van der Waals surface area contributed by atoms with Crippen molar-refractivity contribution in [1.82, 2.24) is 20.1 Å². The SMILES string of the molecule is Cc1c(F)cc(C(=O)NCc2ccc(-n3cccn3)nc2)cc1[N+](=O)[O-]. The van der Waals surface area contributed by atoms with Crippen LogP contribution in [0.1, 0.15) is 21.5 Å². The van der Waals surface area contributed by atoms with Gasteiger partial charge in [-0.3, -0.25) is 14.9 Å². The van der Waals surface area contributed by atoms with Crippen LogP contribution in [0.15, 0.2) is 48.9 Å². The van der Waals surface area contributed by atoms with Crippen molar-refractivity contribution in [1.29, 1.82) is 0 Å². The number of nitro benzene ring substituents is 1. The molecule has 2 heterocycles. The first-order chi connectivity index (χ1) is 12.5. The number of aromatic nitrogens is 3. The lowest BCUT2D eigenvalue weighted by Crippen LogP contribution is -2.23. The van der Waals surface area contributed by atoms with Gasteiger partial charge in [0.25, 0.3) is 11.6 Å². The molecule has 8 nitrogen and oxygen atoms in total. The first kappa shape index (κ1) is 17.2. The minimum atomic E-state index is -0.797. The molecular formula is C17H14FN5O3. The Hall–Kier alpha value is -3.62. The van der Waals surface area contributed by atoms with Crippen LogP contribution in [0.4, 0.5) is 10.1 Å². The minimum Gasteiger partial charge on any atom is -0.348 e. The second kappa shape index (κ2) is 7.09. The first-order valence-electron chi connectivity index (χ1n) is 7.63. The van der Waals surface area contributed by atoms with Crippen molar-refractivity contribution >= 4 is 11.6 Å². The number of rotatable bonds is 5. The Labute approximate surface area is 147 Å². The van der Waals surface area contributed by atoms with Crippen LogP contribution in [0.3, 0.4) is 0 Å². The number of hydrogen-bond donors (Lipinski definition) is 1. The van der Waals surface area contributed by atoms with E-state index in [1.54, 1.807) is 41.5 Å². The quantitative estimate of drug-likeness (QED) is 0.560. The maximum absolute atomic E-state index is 13.8. The number of amides is 1. The predicted octanol–water partition coefficient (Wildman–Crippen LogP) is 2.55. The van der Waals surface area contributed by atoms with Gasteiger partial charge in [0.1, 0.15) is 5.82 Å². The molecule has 3 aromatic rings. The van der Waals surface area contributed by atoms with E-state index in [-0.39, 0.29) is 17.7 Å². The normalized spacial score (nSPS) is 10.5. The zero-order chi connectivity index (χ0) is 18.7. The number of carbonyl (C=O) groups excluding carboxylic acids is 1. The molecule has 0 fully saturated rings. The summed E-state index contributed by atoms with van der Waals surface area (Å²) in [4.78, 5) is 26.6. The van der Waals surface area contributed by atoms with Crippen molar-refractivity contribution in [3.05, 3.63) is 81.5 Å². The van der Waals surface area contributed by atoms with Gasteiger partial charge in [0.15, 0.2) is 5.82 Å². The molecule has 0 atom stereocenters. The predicted molar refractivity (Wildman–Crippen MR) is 90.3 cm³/mol. The van der Waals surface area contributed by atoms with E-state index >= 15 is 0 Å². The minimum absolute atomic E-state index is 0.107. The third-order valence-electron chi connectivity index (χ3n) is 3.78. The van der Waals surface area contributed by atoms with Crippen molar-refractivity contribution in [2.75, 3.05) is 0 Å². The van der Waals surface area contributed by atoms with E-state index in [1.165, 1.54) is 6.92 Å². The number of hydrogen-bond acceptors (Lipinski definition) is 5. The van der Waals surface area contributed by atoms with Crippen molar-refractivity contribution in [3.63, 3.8) is 0 Å². The number of halogens is 1. The third kappa shape index (κ3) is 3.56. The lowest BCUT2D eigenvalue weighted by molar-refractivity contribution is -0.385. The second-order valence-corrected chi connectivity index (χ2v) is 5.52. The fourth-order valence-electron chi connectivity index (χ4n) is 2.33. The fourth-order valence-corrected chi connectivity index (χ4v) is 2.33. The number of benzene rings is 1. The number of carbonyl (C=O) groups is 1. The van der Waals surface area contributed by atoms with Crippen LogP contribution >= 0.6 is 0 Å². The number of nitrogens with one attached hydrogen (secondary N) is 1. The van der Waals surface area contributed by atoms with E-state index in [1.807, 2.05) is 0 Å². The van der Waals surface area contributed by atoms with Crippen molar-refractivity contribution in [2.24, 2.45) is 0 Å². The molecule has 0 radical (unpaired) electrons. The molecule has 0 aliphatic carbocycles. The molecular weight excluding hydrogens is 341 g/mol. The molecule has 1 aromatic carbocycles. The van der Waals surface area contributed by atoms with Crippen molar-refractivity contribution in [2.45, 2.75) is 13.5 Å². The fraction of sp³-hybridized carbons (Fsp3) is 0.118. The van der Waals surface area contributed by atoms with Crippen LogP contribution in [-0.2, 0) is 6.54 Å².